The van der Waals surface area contributed by atoms with Crippen LogP contribution in [-0.4, -0.2) is 29.6 Å². The highest BCUT2D eigenvalue weighted by molar-refractivity contribution is 9.10. The van der Waals surface area contributed by atoms with Crippen molar-refractivity contribution in [1.29, 1.82) is 0 Å². The maximum absolute atomic E-state index is 11.6. The van der Waals surface area contributed by atoms with E-state index in [-0.39, 0.29) is 6.61 Å². The Balaban J connectivity index is 2.57. The van der Waals surface area contributed by atoms with E-state index in [0.717, 1.165) is 4.47 Å². The number of hydrogen-bond donors (Lipinski definition) is 3. The standard InChI is InChI=1S/C12H15BrN2O3/c1-2-9(7-16)14-11(17)12(18)15-10-5-3-4-8(13)6-10/h3-6,9,16H,2,7H2,1H3,(H,14,17)(H,15,18)/t9-/m1/s1. The van der Waals surface area contributed by atoms with Gasteiger partial charge in [0.2, 0.25) is 0 Å². The van der Waals surface area contributed by atoms with Crippen molar-refractivity contribution in [3.63, 3.8) is 0 Å². The van der Waals surface area contributed by atoms with E-state index in [4.69, 9.17) is 5.11 Å². The highest BCUT2D eigenvalue weighted by Crippen LogP contribution is 2.15. The van der Waals surface area contributed by atoms with Crippen molar-refractivity contribution in [2.24, 2.45) is 0 Å². The molecule has 0 aliphatic rings. The third kappa shape index (κ3) is 4.46. The number of nitrogens with one attached hydrogen (secondary N) is 2. The number of halogens is 1. The van der Waals surface area contributed by atoms with E-state index in [9.17, 15) is 9.59 Å². The lowest BCUT2D eigenvalue weighted by Crippen LogP contribution is -2.43. The van der Waals surface area contributed by atoms with E-state index >= 15 is 0 Å². The molecule has 0 bridgehead atoms. The van der Waals surface area contributed by atoms with Gasteiger partial charge in [0.15, 0.2) is 0 Å². The zero-order valence-corrected chi connectivity index (χ0v) is 11.5. The monoisotopic (exact) mass is 314 g/mol. The molecule has 0 aliphatic carbocycles. The Hall–Kier alpha value is -1.40. The summed E-state index contributed by atoms with van der Waals surface area (Å²) in [6.45, 7) is 1.62. The van der Waals surface area contributed by atoms with Crippen LogP contribution >= 0.6 is 15.9 Å². The molecular weight excluding hydrogens is 300 g/mol. The van der Waals surface area contributed by atoms with Gasteiger partial charge in [-0.25, -0.2) is 0 Å². The van der Waals surface area contributed by atoms with Crippen LogP contribution in [0.4, 0.5) is 5.69 Å². The second-order valence-corrected chi connectivity index (χ2v) is 4.64. The van der Waals surface area contributed by atoms with Crippen LogP contribution in [0.1, 0.15) is 13.3 Å². The predicted molar refractivity (Wildman–Crippen MR) is 72.1 cm³/mol. The molecule has 0 saturated carbocycles. The SMILES string of the molecule is CC[C@H](CO)NC(=O)C(=O)Nc1cccc(Br)c1. The summed E-state index contributed by atoms with van der Waals surface area (Å²) in [7, 11) is 0. The van der Waals surface area contributed by atoms with E-state index in [1.165, 1.54) is 0 Å². The summed E-state index contributed by atoms with van der Waals surface area (Å²) in [5.74, 6) is -1.50. The molecule has 0 spiro atoms. The van der Waals surface area contributed by atoms with Crippen LogP contribution in [0.3, 0.4) is 0 Å². The van der Waals surface area contributed by atoms with E-state index in [1.807, 2.05) is 13.0 Å². The maximum Gasteiger partial charge on any atom is 0.313 e. The average molecular weight is 315 g/mol. The van der Waals surface area contributed by atoms with E-state index < -0.39 is 17.9 Å². The molecule has 0 saturated heterocycles. The van der Waals surface area contributed by atoms with Crippen LogP contribution in [0.15, 0.2) is 28.7 Å². The fraction of sp³-hybridized carbons (Fsp3) is 0.333. The molecule has 98 valence electrons. The molecular formula is C12H15BrN2O3. The molecule has 0 aliphatic heterocycles. The second-order valence-electron chi connectivity index (χ2n) is 3.73. The molecule has 0 radical (unpaired) electrons. The van der Waals surface area contributed by atoms with Gasteiger partial charge >= 0.3 is 11.8 Å². The van der Waals surface area contributed by atoms with E-state index in [1.54, 1.807) is 18.2 Å². The van der Waals surface area contributed by atoms with Gasteiger partial charge in [0.05, 0.1) is 12.6 Å². The molecule has 0 unspecified atom stereocenters. The molecule has 1 aromatic carbocycles. The van der Waals surface area contributed by atoms with Gasteiger partial charge in [-0.1, -0.05) is 28.9 Å². The molecule has 18 heavy (non-hydrogen) atoms. The van der Waals surface area contributed by atoms with Crippen LogP contribution in [0.2, 0.25) is 0 Å². The summed E-state index contributed by atoms with van der Waals surface area (Å²) in [6, 6.07) is 6.54. The number of carbonyl (C=O) groups is 2. The Morgan fingerprint density at radius 3 is 2.67 bits per heavy atom. The Morgan fingerprint density at radius 2 is 2.11 bits per heavy atom. The first-order valence-corrected chi connectivity index (χ1v) is 6.34. The second kappa shape index (κ2) is 7.13. The van der Waals surface area contributed by atoms with Gasteiger partial charge in [0, 0.05) is 10.2 Å². The lowest BCUT2D eigenvalue weighted by molar-refractivity contribution is -0.136. The van der Waals surface area contributed by atoms with E-state index in [0.29, 0.717) is 12.1 Å². The number of aliphatic hydroxyl groups excluding tert-OH is 1. The maximum atomic E-state index is 11.6. The third-order valence-electron chi connectivity index (χ3n) is 2.34. The molecule has 0 heterocycles. The van der Waals surface area contributed by atoms with Crippen LogP contribution < -0.4 is 10.6 Å². The quantitative estimate of drug-likeness (QED) is 0.732. The van der Waals surface area contributed by atoms with Crippen molar-refractivity contribution in [2.45, 2.75) is 19.4 Å². The molecule has 0 aromatic heterocycles. The lowest BCUT2D eigenvalue weighted by atomic mass is 10.2. The molecule has 3 N–H and O–H groups in total. The first-order chi connectivity index (χ1) is 8.56. The molecule has 5 nitrogen and oxygen atoms in total. The number of hydrogen-bond acceptors (Lipinski definition) is 3. The summed E-state index contributed by atoms with van der Waals surface area (Å²) < 4.78 is 0.808. The van der Waals surface area contributed by atoms with Gasteiger partial charge in [-0.3, -0.25) is 9.59 Å². The van der Waals surface area contributed by atoms with Gasteiger partial charge in [-0.2, -0.15) is 0 Å². The number of benzene rings is 1. The Bertz CT molecular complexity index is 433. The van der Waals surface area contributed by atoms with Crippen molar-refractivity contribution in [1.82, 2.24) is 5.32 Å². The largest absolute Gasteiger partial charge is 0.394 e. The smallest absolute Gasteiger partial charge is 0.313 e. The fourth-order valence-corrected chi connectivity index (χ4v) is 1.68. The number of aliphatic hydroxyl groups is 1. The number of rotatable bonds is 4. The number of carbonyl (C=O) groups excluding carboxylic acids is 2. The normalized spacial score (nSPS) is 11.7. The summed E-state index contributed by atoms with van der Waals surface area (Å²) in [5.41, 5.74) is 0.529. The van der Waals surface area contributed by atoms with Crippen LogP contribution in [0.25, 0.3) is 0 Å². The van der Waals surface area contributed by atoms with Gasteiger partial charge in [0.25, 0.3) is 0 Å². The molecule has 2 amide bonds. The van der Waals surface area contributed by atoms with Crippen molar-refractivity contribution in [2.75, 3.05) is 11.9 Å². The zero-order valence-electron chi connectivity index (χ0n) is 9.94. The van der Waals surface area contributed by atoms with Gasteiger partial charge in [-0.15, -0.1) is 0 Å². The average Bonchev–Trinajstić information content (AvgIpc) is 2.35. The minimum Gasteiger partial charge on any atom is -0.394 e. The molecule has 1 aromatic rings. The van der Waals surface area contributed by atoms with Crippen molar-refractivity contribution in [3.8, 4) is 0 Å². The lowest BCUT2D eigenvalue weighted by Gasteiger charge is -2.13. The Kier molecular flexibility index (Phi) is 5.80. The first-order valence-electron chi connectivity index (χ1n) is 5.55. The molecule has 0 fully saturated rings. The zero-order chi connectivity index (χ0) is 13.5. The Morgan fingerprint density at radius 1 is 1.39 bits per heavy atom. The van der Waals surface area contributed by atoms with E-state index in [2.05, 4.69) is 26.6 Å². The predicted octanol–water partition coefficient (Wildman–Crippen LogP) is 1.27. The Labute approximate surface area is 114 Å². The summed E-state index contributed by atoms with van der Waals surface area (Å²) in [5, 5.41) is 13.8. The molecule has 1 rings (SSSR count). The summed E-state index contributed by atoms with van der Waals surface area (Å²) in [4.78, 5) is 23.1. The highest BCUT2D eigenvalue weighted by atomic mass is 79.9. The van der Waals surface area contributed by atoms with Crippen molar-refractivity contribution in [3.05, 3.63) is 28.7 Å². The highest BCUT2D eigenvalue weighted by Gasteiger charge is 2.17. The molecule has 6 heteroatoms. The molecule has 1 atom stereocenters. The fourth-order valence-electron chi connectivity index (χ4n) is 1.28. The minimum atomic E-state index is -0.754. The van der Waals surface area contributed by atoms with Crippen molar-refractivity contribution >= 4 is 33.4 Å². The van der Waals surface area contributed by atoms with Crippen LogP contribution in [-0.2, 0) is 9.59 Å². The van der Waals surface area contributed by atoms with Crippen LogP contribution in [0, 0.1) is 0 Å². The van der Waals surface area contributed by atoms with Gasteiger partial charge < -0.3 is 15.7 Å². The number of amides is 2. The first kappa shape index (κ1) is 14.7. The number of anilines is 1. The topological polar surface area (TPSA) is 78.4 Å². The van der Waals surface area contributed by atoms with Gasteiger partial charge in [-0.05, 0) is 24.6 Å². The van der Waals surface area contributed by atoms with Crippen molar-refractivity contribution < 1.29 is 14.7 Å². The summed E-state index contributed by atoms with van der Waals surface area (Å²) in [6.07, 6.45) is 0.562. The minimum absolute atomic E-state index is 0.188. The van der Waals surface area contributed by atoms with Crippen LogP contribution in [0.5, 0.6) is 0 Å². The third-order valence-corrected chi connectivity index (χ3v) is 2.83. The van der Waals surface area contributed by atoms with Gasteiger partial charge in [0.1, 0.15) is 0 Å². The summed E-state index contributed by atoms with van der Waals surface area (Å²) >= 11 is 3.27.